The lowest BCUT2D eigenvalue weighted by Gasteiger charge is -2.04. The molecule has 2 aromatic rings. The minimum atomic E-state index is 0.699. The first-order chi connectivity index (χ1) is 6.92. The van der Waals surface area contributed by atoms with Crippen molar-refractivity contribution in [2.75, 3.05) is 18.4 Å². The van der Waals surface area contributed by atoms with E-state index in [-0.39, 0.29) is 0 Å². The molecule has 0 radical (unpaired) electrons. The van der Waals surface area contributed by atoms with Gasteiger partial charge >= 0.3 is 0 Å². The van der Waals surface area contributed by atoms with E-state index in [0.29, 0.717) is 6.54 Å². The minimum absolute atomic E-state index is 0.699. The second-order valence-corrected chi connectivity index (χ2v) is 3.83. The number of nitrogens with one attached hydrogen (secondary N) is 1. The molecule has 2 rings (SSSR count). The van der Waals surface area contributed by atoms with Gasteiger partial charge in [-0.05, 0) is 24.4 Å². The first-order valence-corrected chi connectivity index (χ1v) is 5.42. The molecule has 0 aliphatic rings. The summed E-state index contributed by atoms with van der Waals surface area (Å²) in [5.41, 5.74) is 5.41. The first kappa shape index (κ1) is 9.36. The van der Waals surface area contributed by atoms with Crippen LogP contribution in [0.5, 0.6) is 0 Å². The van der Waals surface area contributed by atoms with E-state index < -0.39 is 0 Å². The number of nitrogens with zero attached hydrogens (tertiary/aromatic N) is 2. The van der Waals surface area contributed by atoms with Gasteiger partial charge in [-0.15, -0.1) is 11.3 Å². The predicted octanol–water partition coefficient (Wildman–Crippen LogP) is 1.45. The molecule has 14 heavy (non-hydrogen) atoms. The number of rotatable bonds is 4. The number of aromatic nitrogens is 2. The van der Waals surface area contributed by atoms with Gasteiger partial charge in [0.05, 0.1) is 5.39 Å². The Morgan fingerprint density at radius 2 is 2.36 bits per heavy atom. The highest BCUT2D eigenvalue weighted by Crippen LogP contribution is 2.23. The second-order valence-electron chi connectivity index (χ2n) is 2.93. The van der Waals surface area contributed by atoms with Crippen LogP contribution in [0.4, 0.5) is 5.82 Å². The molecule has 0 spiro atoms. The van der Waals surface area contributed by atoms with Crippen LogP contribution < -0.4 is 11.1 Å². The van der Waals surface area contributed by atoms with E-state index in [0.717, 1.165) is 29.0 Å². The molecule has 2 heterocycles. The van der Waals surface area contributed by atoms with Crippen LogP contribution in [0.3, 0.4) is 0 Å². The molecule has 0 atom stereocenters. The van der Waals surface area contributed by atoms with Crippen molar-refractivity contribution in [3.8, 4) is 0 Å². The predicted molar refractivity (Wildman–Crippen MR) is 59.6 cm³/mol. The van der Waals surface area contributed by atoms with Gasteiger partial charge in [-0.25, -0.2) is 9.97 Å². The minimum Gasteiger partial charge on any atom is -0.369 e. The molecule has 0 saturated carbocycles. The number of hydrogen-bond acceptors (Lipinski definition) is 5. The SMILES string of the molecule is NCCCNc1ncnc2sccc12. The van der Waals surface area contributed by atoms with Gasteiger partial charge in [0.1, 0.15) is 17.0 Å². The van der Waals surface area contributed by atoms with Gasteiger partial charge in [-0.2, -0.15) is 0 Å². The van der Waals surface area contributed by atoms with E-state index in [1.807, 2.05) is 11.4 Å². The molecule has 0 saturated heterocycles. The van der Waals surface area contributed by atoms with Crippen molar-refractivity contribution < 1.29 is 0 Å². The summed E-state index contributed by atoms with van der Waals surface area (Å²) >= 11 is 1.62. The summed E-state index contributed by atoms with van der Waals surface area (Å²) in [6.07, 6.45) is 2.54. The third-order valence-electron chi connectivity index (χ3n) is 1.94. The van der Waals surface area contributed by atoms with Crippen LogP contribution in [0.2, 0.25) is 0 Å². The molecule has 5 heteroatoms. The zero-order valence-corrected chi connectivity index (χ0v) is 8.55. The highest BCUT2D eigenvalue weighted by atomic mass is 32.1. The van der Waals surface area contributed by atoms with Gasteiger partial charge in [-0.3, -0.25) is 0 Å². The Hall–Kier alpha value is -1.20. The Labute approximate surface area is 86.2 Å². The maximum Gasteiger partial charge on any atom is 0.138 e. The number of anilines is 1. The largest absolute Gasteiger partial charge is 0.369 e. The fraction of sp³-hybridized carbons (Fsp3) is 0.333. The number of fused-ring (bicyclic) bond motifs is 1. The smallest absolute Gasteiger partial charge is 0.138 e. The van der Waals surface area contributed by atoms with Crippen molar-refractivity contribution in [1.29, 1.82) is 0 Å². The fourth-order valence-electron chi connectivity index (χ4n) is 1.24. The van der Waals surface area contributed by atoms with Crippen LogP contribution in [0.25, 0.3) is 10.2 Å². The number of hydrogen-bond donors (Lipinski definition) is 2. The Morgan fingerprint density at radius 1 is 1.43 bits per heavy atom. The highest BCUT2D eigenvalue weighted by Gasteiger charge is 2.02. The van der Waals surface area contributed by atoms with E-state index in [1.165, 1.54) is 0 Å². The summed E-state index contributed by atoms with van der Waals surface area (Å²) in [6.45, 7) is 1.56. The molecule has 2 aromatic heterocycles. The Bertz CT molecular complexity index is 412. The van der Waals surface area contributed by atoms with Crippen LogP contribution in [0, 0.1) is 0 Å². The molecule has 4 nitrogen and oxygen atoms in total. The third kappa shape index (κ3) is 1.83. The lowest BCUT2D eigenvalue weighted by Crippen LogP contribution is -2.09. The molecule has 0 fully saturated rings. The van der Waals surface area contributed by atoms with E-state index in [9.17, 15) is 0 Å². The molecular formula is C9H12N4S. The van der Waals surface area contributed by atoms with E-state index in [1.54, 1.807) is 17.7 Å². The number of nitrogens with two attached hydrogens (primary N) is 1. The Morgan fingerprint density at radius 3 is 3.21 bits per heavy atom. The zero-order valence-electron chi connectivity index (χ0n) is 7.73. The van der Waals surface area contributed by atoms with Crippen molar-refractivity contribution in [3.63, 3.8) is 0 Å². The number of thiophene rings is 1. The normalized spacial score (nSPS) is 10.6. The van der Waals surface area contributed by atoms with Crippen molar-refractivity contribution in [2.45, 2.75) is 6.42 Å². The molecular weight excluding hydrogens is 196 g/mol. The van der Waals surface area contributed by atoms with Gasteiger partial charge in [0.2, 0.25) is 0 Å². The summed E-state index contributed by atoms with van der Waals surface area (Å²) in [6, 6.07) is 2.03. The summed E-state index contributed by atoms with van der Waals surface area (Å²) in [4.78, 5) is 9.39. The third-order valence-corrected chi connectivity index (χ3v) is 2.76. The monoisotopic (exact) mass is 208 g/mol. The van der Waals surface area contributed by atoms with Gasteiger partial charge in [0.25, 0.3) is 0 Å². The molecule has 0 bridgehead atoms. The molecule has 0 unspecified atom stereocenters. The summed E-state index contributed by atoms with van der Waals surface area (Å²) in [5, 5.41) is 6.36. The molecule has 0 amide bonds. The van der Waals surface area contributed by atoms with Crippen molar-refractivity contribution in [3.05, 3.63) is 17.8 Å². The van der Waals surface area contributed by atoms with Crippen LogP contribution in [-0.2, 0) is 0 Å². The summed E-state index contributed by atoms with van der Waals surface area (Å²) in [5.74, 6) is 0.907. The van der Waals surface area contributed by atoms with Crippen molar-refractivity contribution in [2.24, 2.45) is 5.73 Å². The zero-order chi connectivity index (χ0) is 9.80. The molecule has 0 aliphatic heterocycles. The lowest BCUT2D eigenvalue weighted by atomic mass is 10.3. The molecule has 3 N–H and O–H groups in total. The Balaban J connectivity index is 2.19. The lowest BCUT2D eigenvalue weighted by molar-refractivity contribution is 0.871. The van der Waals surface area contributed by atoms with Crippen molar-refractivity contribution in [1.82, 2.24) is 9.97 Å². The average molecular weight is 208 g/mol. The molecule has 0 aromatic carbocycles. The van der Waals surface area contributed by atoms with E-state index in [2.05, 4.69) is 15.3 Å². The maximum absolute atomic E-state index is 5.41. The van der Waals surface area contributed by atoms with Crippen LogP contribution >= 0.6 is 11.3 Å². The summed E-state index contributed by atoms with van der Waals surface area (Å²) in [7, 11) is 0. The molecule has 74 valence electrons. The summed E-state index contributed by atoms with van der Waals surface area (Å²) < 4.78 is 0. The van der Waals surface area contributed by atoms with Gasteiger partial charge in [0.15, 0.2) is 0 Å². The molecule has 0 aliphatic carbocycles. The average Bonchev–Trinajstić information content (AvgIpc) is 2.67. The van der Waals surface area contributed by atoms with Gasteiger partial charge in [0, 0.05) is 6.54 Å². The standard InChI is InChI=1S/C9H12N4S/c10-3-1-4-11-8-7-2-5-14-9(7)13-6-12-8/h2,5-6H,1,3-4,10H2,(H,11,12,13). The highest BCUT2D eigenvalue weighted by molar-refractivity contribution is 7.16. The fourth-order valence-corrected chi connectivity index (χ4v) is 1.97. The van der Waals surface area contributed by atoms with Crippen LogP contribution in [0.1, 0.15) is 6.42 Å². The Kier molecular flexibility index (Phi) is 2.90. The second kappa shape index (κ2) is 4.34. The van der Waals surface area contributed by atoms with Crippen LogP contribution in [-0.4, -0.2) is 23.1 Å². The van der Waals surface area contributed by atoms with E-state index >= 15 is 0 Å². The van der Waals surface area contributed by atoms with Crippen LogP contribution in [0.15, 0.2) is 17.8 Å². The van der Waals surface area contributed by atoms with Crippen molar-refractivity contribution >= 4 is 27.4 Å². The van der Waals surface area contributed by atoms with Gasteiger partial charge in [-0.1, -0.05) is 0 Å². The first-order valence-electron chi connectivity index (χ1n) is 4.54. The quantitative estimate of drug-likeness (QED) is 0.746. The topological polar surface area (TPSA) is 63.8 Å². The van der Waals surface area contributed by atoms with Gasteiger partial charge < -0.3 is 11.1 Å². The van der Waals surface area contributed by atoms with E-state index in [4.69, 9.17) is 5.73 Å². The maximum atomic E-state index is 5.41.